The van der Waals surface area contributed by atoms with Crippen LogP contribution in [0.15, 0.2) is 44.8 Å². The van der Waals surface area contributed by atoms with Crippen LogP contribution in [0.1, 0.15) is 5.56 Å². The van der Waals surface area contributed by atoms with E-state index in [1.54, 1.807) is 0 Å². The molecular weight excluding hydrogens is 302 g/mol. The van der Waals surface area contributed by atoms with E-state index >= 15 is 0 Å². The van der Waals surface area contributed by atoms with Crippen LogP contribution in [0.5, 0.6) is 0 Å². The van der Waals surface area contributed by atoms with Crippen LogP contribution in [0.4, 0.5) is 5.82 Å². The summed E-state index contributed by atoms with van der Waals surface area (Å²) in [5, 5.41) is 0.537. The highest BCUT2D eigenvalue weighted by Gasteiger charge is 2.01. The van der Waals surface area contributed by atoms with E-state index in [1.165, 1.54) is 17.8 Å². The monoisotopic (exact) mass is 311 g/mol. The maximum absolute atomic E-state index is 11.2. The van der Waals surface area contributed by atoms with Crippen LogP contribution in [0.3, 0.4) is 0 Å². The Morgan fingerprint density at radius 3 is 2.94 bits per heavy atom. The van der Waals surface area contributed by atoms with Gasteiger partial charge in [0.2, 0.25) is 0 Å². The van der Waals surface area contributed by atoms with Crippen molar-refractivity contribution in [2.45, 2.75) is 10.9 Å². The van der Waals surface area contributed by atoms with E-state index in [1.807, 2.05) is 24.3 Å². The fraction of sp³-hybridized carbons (Fsp3) is 0.0909. The lowest BCUT2D eigenvalue weighted by Crippen LogP contribution is -2.09. The second kappa shape index (κ2) is 5.37. The highest BCUT2D eigenvalue weighted by atomic mass is 79.9. The molecule has 0 amide bonds. The lowest BCUT2D eigenvalue weighted by Gasteiger charge is -2.02. The molecule has 0 aliphatic heterocycles. The second-order valence-electron chi connectivity index (χ2n) is 3.39. The number of H-pyrrole nitrogens is 1. The Morgan fingerprint density at radius 1 is 1.41 bits per heavy atom. The summed E-state index contributed by atoms with van der Waals surface area (Å²) in [6, 6.07) is 9.24. The van der Waals surface area contributed by atoms with Gasteiger partial charge in [0, 0.05) is 16.3 Å². The van der Waals surface area contributed by atoms with Gasteiger partial charge in [0.05, 0.1) is 0 Å². The molecular formula is C11H10BrN3OS. The fourth-order valence-corrected chi connectivity index (χ4v) is 2.57. The van der Waals surface area contributed by atoms with Gasteiger partial charge in [-0.3, -0.25) is 4.79 Å². The summed E-state index contributed by atoms with van der Waals surface area (Å²) < 4.78 is 1.03. The van der Waals surface area contributed by atoms with E-state index in [4.69, 9.17) is 5.73 Å². The molecule has 3 N–H and O–H groups in total. The Bertz CT molecular complexity index is 585. The van der Waals surface area contributed by atoms with Gasteiger partial charge in [-0.15, -0.1) is 0 Å². The standard InChI is InChI=1S/C11H10BrN3OS/c12-8-3-1-2-7(4-8)6-17-11-14-9(13)5-10(16)15-11/h1-5H,6H2,(H3,13,14,15,16). The van der Waals surface area contributed by atoms with Gasteiger partial charge in [0.15, 0.2) is 5.16 Å². The number of benzene rings is 1. The predicted molar refractivity (Wildman–Crippen MR) is 73.0 cm³/mol. The molecule has 1 heterocycles. The van der Waals surface area contributed by atoms with Gasteiger partial charge >= 0.3 is 0 Å². The minimum absolute atomic E-state index is 0.228. The van der Waals surface area contributed by atoms with Crippen LogP contribution in [-0.2, 0) is 5.75 Å². The molecule has 0 saturated carbocycles. The van der Waals surface area contributed by atoms with Gasteiger partial charge < -0.3 is 10.7 Å². The Morgan fingerprint density at radius 2 is 2.24 bits per heavy atom. The quantitative estimate of drug-likeness (QED) is 0.674. The summed E-state index contributed by atoms with van der Waals surface area (Å²) in [5.74, 6) is 0.969. The molecule has 0 bridgehead atoms. The third kappa shape index (κ3) is 3.61. The summed E-state index contributed by atoms with van der Waals surface area (Å²) in [4.78, 5) is 17.9. The van der Waals surface area contributed by atoms with Crippen molar-refractivity contribution in [3.8, 4) is 0 Å². The number of anilines is 1. The van der Waals surface area contributed by atoms with E-state index in [0.717, 1.165) is 15.8 Å². The summed E-state index contributed by atoms with van der Waals surface area (Å²) in [7, 11) is 0. The first-order valence-electron chi connectivity index (χ1n) is 4.87. The van der Waals surface area contributed by atoms with Crippen LogP contribution in [0, 0.1) is 0 Å². The average Bonchev–Trinajstić information content (AvgIpc) is 2.25. The Hall–Kier alpha value is -1.27. The van der Waals surface area contributed by atoms with Crippen molar-refractivity contribution >= 4 is 33.5 Å². The number of aromatic amines is 1. The first-order chi connectivity index (χ1) is 8.13. The number of nitrogen functional groups attached to an aromatic ring is 1. The molecule has 2 aromatic rings. The van der Waals surface area contributed by atoms with Crippen molar-refractivity contribution in [3.05, 3.63) is 50.7 Å². The largest absolute Gasteiger partial charge is 0.383 e. The molecule has 1 aromatic carbocycles. The summed E-state index contributed by atoms with van der Waals surface area (Å²) >= 11 is 4.85. The van der Waals surface area contributed by atoms with E-state index < -0.39 is 0 Å². The van der Waals surface area contributed by atoms with Gasteiger partial charge in [-0.05, 0) is 17.7 Å². The SMILES string of the molecule is Nc1cc(=O)[nH]c(SCc2cccc(Br)c2)n1. The molecule has 6 heteroatoms. The van der Waals surface area contributed by atoms with Crippen molar-refractivity contribution in [2.75, 3.05) is 5.73 Å². The van der Waals surface area contributed by atoms with Crippen molar-refractivity contribution in [3.63, 3.8) is 0 Å². The van der Waals surface area contributed by atoms with Gasteiger partial charge in [-0.2, -0.15) is 0 Å². The normalized spacial score (nSPS) is 10.4. The Kier molecular flexibility index (Phi) is 3.86. The summed E-state index contributed by atoms with van der Waals surface area (Å²) in [5.41, 5.74) is 6.42. The summed E-state index contributed by atoms with van der Waals surface area (Å²) in [6.45, 7) is 0. The lowest BCUT2D eigenvalue weighted by molar-refractivity contribution is 0.945. The number of nitrogens with zero attached hydrogens (tertiary/aromatic N) is 1. The molecule has 0 aliphatic rings. The third-order valence-electron chi connectivity index (χ3n) is 2.00. The number of hydrogen-bond donors (Lipinski definition) is 2. The average molecular weight is 312 g/mol. The van der Waals surface area contributed by atoms with Crippen LogP contribution < -0.4 is 11.3 Å². The number of hydrogen-bond acceptors (Lipinski definition) is 4. The summed E-state index contributed by atoms with van der Waals surface area (Å²) in [6.07, 6.45) is 0. The van der Waals surface area contributed by atoms with Crippen molar-refractivity contribution in [2.24, 2.45) is 0 Å². The minimum Gasteiger partial charge on any atom is -0.383 e. The number of rotatable bonds is 3. The van der Waals surface area contributed by atoms with Gasteiger partial charge in [-0.25, -0.2) is 4.98 Å². The molecule has 1 aromatic heterocycles. The van der Waals surface area contributed by atoms with Crippen LogP contribution in [0.25, 0.3) is 0 Å². The highest BCUT2D eigenvalue weighted by molar-refractivity contribution is 9.10. The molecule has 88 valence electrons. The number of nitrogens with one attached hydrogen (secondary N) is 1. The number of halogens is 1. The molecule has 0 aliphatic carbocycles. The van der Waals surface area contributed by atoms with Gasteiger partial charge in [0.25, 0.3) is 5.56 Å². The molecule has 0 unspecified atom stereocenters. The zero-order valence-corrected chi connectivity index (χ0v) is 11.2. The van der Waals surface area contributed by atoms with Crippen molar-refractivity contribution in [1.29, 1.82) is 0 Å². The molecule has 0 radical (unpaired) electrons. The highest BCUT2D eigenvalue weighted by Crippen LogP contribution is 2.20. The van der Waals surface area contributed by atoms with Crippen LogP contribution >= 0.6 is 27.7 Å². The molecule has 0 saturated heterocycles. The number of aromatic nitrogens is 2. The van der Waals surface area contributed by atoms with Crippen molar-refractivity contribution < 1.29 is 0 Å². The lowest BCUT2D eigenvalue weighted by atomic mass is 10.2. The van der Waals surface area contributed by atoms with Crippen LogP contribution in [-0.4, -0.2) is 9.97 Å². The maximum atomic E-state index is 11.2. The Balaban J connectivity index is 2.09. The second-order valence-corrected chi connectivity index (χ2v) is 5.27. The molecule has 2 rings (SSSR count). The molecule has 17 heavy (non-hydrogen) atoms. The topological polar surface area (TPSA) is 71.8 Å². The smallest absolute Gasteiger partial charge is 0.253 e. The van der Waals surface area contributed by atoms with E-state index in [2.05, 4.69) is 25.9 Å². The maximum Gasteiger partial charge on any atom is 0.253 e. The van der Waals surface area contributed by atoms with Crippen molar-refractivity contribution in [1.82, 2.24) is 9.97 Å². The molecule has 0 fully saturated rings. The minimum atomic E-state index is -0.228. The molecule has 0 atom stereocenters. The molecule has 4 nitrogen and oxygen atoms in total. The fourth-order valence-electron chi connectivity index (χ4n) is 1.30. The predicted octanol–water partition coefficient (Wildman–Crippen LogP) is 2.41. The number of nitrogens with two attached hydrogens (primary N) is 1. The zero-order chi connectivity index (χ0) is 12.3. The first kappa shape index (κ1) is 12.2. The van der Waals surface area contributed by atoms with E-state index in [-0.39, 0.29) is 11.4 Å². The first-order valence-corrected chi connectivity index (χ1v) is 6.65. The third-order valence-corrected chi connectivity index (χ3v) is 3.44. The van der Waals surface area contributed by atoms with Crippen LogP contribution in [0.2, 0.25) is 0 Å². The van der Waals surface area contributed by atoms with E-state index in [0.29, 0.717) is 5.16 Å². The molecule has 0 spiro atoms. The number of thioether (sulfide) groups is 1. The van der Waals surface area contributed by atoms with Gasteiger partial charge in [-0.1, -0.05) is 39.8 Å². The zero-order valence-electron chi connectivity index (χ0n) is 8.81. The Labute approximate surface area is 111 Å². The van der Waals surface area contributed by atoms with E-state index in [9.17, 15) is 4.79 Å². The van der Waals surface area contributed by atoms with Gasteiger partial charge in [0.1, 0.15) is 5.82 Å².